The van der Waals surface area contributed by atoms with Gasteiger partial charge in [0.25, 0.3) is 0 Å². The first-order valence-electron chi connectivity index (χ1n) is 10.6. The van der Waals surface area contributed by atoms with Crippen molar-refractivity contribution in [1.82, 2.24) is 19.7 Å². The van der Waals surface area contributed by atoms with E-state index in [1.807, 2.05) is 6.92 Å². The number of imidazole rings is 1. The highest BCUT2D eigenvalue weighted by Gasteiger charge is 2.37. The molecule has 1 saturated heterocycles. The molecule has 1 aliphatic rings. The summed E-state index contributed by atoms with van der Waals surface area (Å²) in [4.78, 5) is 18.7. The molecule has 1 amide bonds. The lowest BCUT2D eigenvalue weighted by molar-refractivity contribution is -0.143. The lowest BCUT2D eigenvalue weighted by Crippen LogP contribution is -2.41. The highest BCUT2D eigenvalue weighted by Crippen LogP contribution is 2.37. The molecule has 0 aliphatic carbocycles. The molecule has 0 spiro atoms. The summed E-state index contributed by atoms with van der Waals surface area (Å²) >= 11 is 0. The Morgan fingerprint density at radius 2 is 1.63 bits per heavy atom. The molecule has 3 heterocycles. The molecule has 1 aliphatic heterocycles. The molecule has 186 valence electrons. The Balaban J connectivity index is 1.48. The van der Waals surface area contributed by atoms with Gasteiger partial charge in [-0.1, -0.05) is 0 Å². The predicted octanol–water partition coefficient (Wildman–Crippen LogP) is 4.86. The van der Waals surface area contributed by atoms with E-state index in [0.29, 0.717) is 43.2 Å². The number of halogens is 6. The number of piperidine rings is 1. The highest BCUT2D eigenvalue weighted by molar-refractivity contribution is 5.93. The first-order valence-corrected chi connectivity index (χ1v) is 10.6. The van der Waals surface area contributed by atoms with Crippen molar-refractivity contribution in [1.29, 1.82) is 0 Å². The van der Waals surface area contributed by atoms with Gasteiger partial charge in [0.2, 0.25) is 5.91 Å². The zero-order valence-electron chi connectivity index (χ0n) is 18.4. The number of nitrogens with one attached hydrogen (secondary N) is 1. The Hall–Kier alpha value is -3.64. The van der Waals surface area contributed by atoms with Crippen LogP contribution in [0.25, 0.3) is 5.82 Å². The van der Waals surface area contributed by atoms with E-state index in [0.717, 1.165) is 5.82 Å². The topological polar surface area (TPSA) is 75.9 Å². The highest BCUT2D eigenvalue weighted by atomic mass is 19.4. The molecule has 4 rings (SSSR count). The quantitative estimate of drug-likeness (QED) is 0.520. The molecule has 1 unspecified atom stereocenters. The van der Waals surface area contributed by atoms with Crippen LogP contribution in [-0.4, -0.2) is 38.7 Å². The van der Waals surface area contributed by atoms with Crippen molar-refractivity contribution in [2.45, 2.75) is 32.1 Å². The number of anilines is 2. The SMILES string of the molecule is Cc1nccn1-c1ccc(N2CCCC(C(=O)Nc3cc(C(F)(F)F)cc(C(F)(F)F)c3)C2)nn1. The second-order valence-corrected chi connectivity index (χ2v) is 8.16. The van der Waals surface area contributed by atoms with E-state index in [9.17, 15) is 31.1 Å². The third-order valence-corrected chi connectivity index (χ3v) is 5.68. The first kappa shape index (κ1) is 24.5. The Morgan fingerprint density at radius 3 is 2.17 bits per heavy atom. The normalized spacial score (nSPS) is 16.9. The van der Waals surface area contributed by atoms with Crippen LogP contribution >= 0.6 is 0 Å². The number of amides is 1. The summed E-state index contributed by atoms with van der Waals surface area (Å²) in [6.45, 7) is 2.57. The third kappa shape index (κ3) is 5.54. The predicted molar refractivity (Wildman–Crippen MR) is 114 cm³/mol. The molecule has 1 N–H and O–H groups in total. The lowest BCUT2D eigenvalue weighted by atomic mass is 9.96. The molecule has 0 radical (unpaired) electrons. The van der Waals surface area contributed by atoms with Gasteiger partial charge in [-0.15, -0.1) is 10.2 Å². The van der Waals surface area contributed by atoms with Gasteiger partial charge in [0.1, 0.15) is 5.82 Å². The molecule has 7 nitrogen and oxygen atoms in total. The van der Waals surface area contributed by atoms with E-state index >= 15 is 0 Å². The van der Waals surface area contributed by atoms with Gasteiger partial charge in [0, 0.05) is 31.2 Å². The van der Waals surface area contributed by atoms with Gasteiger partial charge in [-0.2, -0.15) is 26.3 Å². The van der Waals surface area contributed by atoms with Crippen molar-refractivity contribution in [2.24, 2.45) is 5.92 Å². The minimum atomic E-state index is -5.00. The summed E-state index contributed by atoms with van der Waals surface area (Å²) in [7, 11) is 0. The maximum atomic E-state index is 13.1. The van der Waals surface area contributed by atoms with Crippen LogP contribution in [0.4, 0.5) is 37.8 Å². The molecular weight excluding hydrogens is 478 g/mol. The fraction of sp³-hybridized carbons (Fsp3) is 0.364. The average molecular weight is 498 g/mol. The number of carbonyl (C=O) groups is 1. The fourth-order valence-corrected chi connectivity index (χ4v) is 3.91. The van der Waals surface area contributed by atoms with Crippen LogP contribution in [0.2, 0.25) is 0 Å². The molecular formula is C22H20F6N6O. The second kappa shape index (κ2) is 9.19. The Morgan fingerprint density at radius 1 is 1.00 bits per heavy atom. The Labute approximate surface area is 195 Å². The minimum absolute atomic E-state index is 0.0195. The number of rotatable bonds is 4. The minimum Gasteiger partial charge on any atom is -0.354 e. The number of hydrogen-bond acceptors (Lipinski definition) is 5. The largest absolute Gasteiger partial charge is 0.416 e. The van der Waals surface area contributed by atoms with Crippen LogP contribution in [0.5, 0.6) is 0 Å². The number of aryl methyl sites for hydroxylation is 1. The zero-order chi connectivity index (χ0) is 25.4. The smallest absolute Gasteiger partial charge is 0.354 e. The summed E-state index contributed by atoms with van der Waals surface area (Å²) in [5, 5.41) is 10.6. The van der Waals surface area contributed by atoms with Crippen molar-refractivity contribution in [3.8, 4) is 5.82 Å². The summed E-state index contributed by atoms with van der Waals surface area (Å²) in [5.74, 6) is 0.457. The van der Waals surface area contributed by atoms with Crippen LogP contribution in [-0.2, 0) is 17.1 Å². The van der Waals surface area contributed by atoms with Gasteiger partial charge < -0.3 is 10.2 Å². The van der Waals surface area contributed by atoms with E-state index in [2.05, 4.69) is 20.5 Å². The van der Waals surface area contributed by atoms with Gasteiger partial charge in [0.05, 0.1) is 17.0 Å². The Kier molecular flexibility index (Phi) is 6.43. The van der Waals surface area contributed by atoms with Gasteiger partial charge in [-0.25, -0.2) is 4.98 Å². The standard InChI is InChI=1S/C22H20F6N6O/c1-13-29-6-8-34(13)19-5-4-18(31-32-19)33-7-2-3-14(12-33)20(35)30-17-10-15(21(23,24)25)9-16(11-17)22(26,27)28/h4-6,8-11,14H,2-3,7,12H2,1H3,(H,30,35). The van der Waals surface area contributed by atoms with Crippen molar-refractivity contribution in [3.05, 3.63) is 59.7 Å². The number of aromatic nitrogens is 4. The first-order chi connectivity index (χ1) is 16.4. The number of benzene rings is 1. The van der Waals surface area contributed by atoms with Crippen molar-refractivity contribution < 1.29 is 31.1 Å². The van der Waals surface area contributed by atoms with Crippen molar-refractivity contribution in [2.75, 3.05) is 23.3 Å². The molecule has 0 saturated carbocycles. The molecule has 0 bridgehead atoms. The van der Waals surface area contributed by atoms with E-state index in [1.165, 1.54) is 0 Å². The van der Waals surface area contributed by atoms with Gasteiger partial charge >= 0.3 is 12.4 Å². The molecule has 1 fully saturated rings. The average Bonchev–Trinajstić information content (AvgIpc) is 3.23. The molecule has 35 heavy (non-hydrogen) atoms. The summed E-state index contributed by atoms with van der Waals surface area (Å²) in [5.41, 5.74) is -3.54. The van der Waals surface area contributed by atoms with Gasteiger partial charge in [0.15, 0.2) is 11.6 Å². The lowest BCUT2D eigenvalue weighted by Gasteiger charge is -2.32. The monoisotopic (exact) mass is 498 g/mol. The number of hydrogen-bond donors (Lipinski definition) is 1. The summed E-state index contributed by atoms with van der Waals surface area (Å²) in [6.07, 6.45) is -5.63. The van der Waals surface area contributed by atoms with Crippen LogP contribution in [0.15, 0.2) is 42.7 Å². The molecule has 1 aromatic carbocycles. The van der Waals surface area contributed by atoms with E-state index in [-0.39, 0.29) is 12.6 Å². The molecule has 1 atom stereocenters. The number of nitrogens with zero attached hydrogens (tertiary/aromatic N) is 5. The second-order valence-electron chi connectivity index (χ2n) is 8.16. The van der Waals surface area contributed by atoms with Crippen LogP contribution in [0, 0.1) is 12.8 Å². The van der Waals surface area contributed by atoms with Gasteiger partial charge in [-0.05, 0) is 50.1 Å². The maximum absolute atomic E-state index is 13.1. The van der Waals surface area contributed by atoms with Crippen LogP contribution in [0.1, 0.15) is 29.8 Å². The summed E-state index contributed by atoms with van der Waals surface area (Å²) in [6, 6.07) is 4.48. The van der Waals surface area contributed by atoms with Crippen LogP contribution < -0.4 is 10.2 Å². The summed E-state index contributed by atoms with van der Waals surface area (Å²) < 4.78 is 80.4. The number of carbonyl (C=O) groups excluding carboxylic acids is 1. The van der Waals surface area contributed by atoms with Gasteiger partial charge in [-0.3, -0.25) is 9.36 Å². The van der Waals surface area contributed by atoms with E-state index in [4.69, 9.17) is 0 Å². The van der Waals surface area contributed by atoms with E-state index in [1.54, 1.807) is 34.0 Å². The zero-order valence-corrected chi connectivity index (χ0v) is 18.4. The number of alkyl halides is 6. The van der Waals surface area contributed by atoms with Crippen molar-refractivity contribution in [3.63, 3.8) is 0 Å². The fourth-order valence-electron chi connectivity index (χ4n) is 3.91. The molecule has 13 heteroatoms. The molecule has 3 aromatic rings. The molecule has 2 aromatic heterocycles. The maximum Gasteiger partial charge on any atom is 0.416 e. The van der Waals surface area contributed by atoms with Crippen molar-refractivity contribution >= 4 is 17.4 Å². The van der Waals surface area contributed by atoms with E-state index < -0.39 is 41.0 Å². The Bertz CT molecular complexity index is 1170. The third-order valence-electron chi connectivity index (χ3n) is 5.68. The van der Waals surface area contributed by atoms with Crippen LogP contribution in [0.3, 0.4) is 0 Å².